The van der Waals surface area contributed by atoms with Crippen molar-refractivity contribution in [2.75, 3.05) is 10.2 Å². The largest absolute Gasteiger partial charge is 0.351 e. The van der Waals surface area contributed by atoms with Crippen LogP contribution in [0.4, 0.5) is 11.4 Å². The number of hydrogen-bond donors (Lipinski definition) is 3. The number of anilines is 2. The highest BCUT2D eigenvalue weighted by molar-refractivity contribution is 7.89. The highest BCUT2D eigenvalue weighted by atomic mass is 35.5. The van der Waals surface area contributed by atoms with Gasteiger partial charge in [0.2, 0.25) is 20.0 Å². The molecular formula is C22H19ClN4O5S2. The summed E-state index contributed by atoms with van der Waals surface area (Å²) in [6, 6.07) is 17.8. The van der Waals surface area contributed by atoms with Crippen LogP contribution in [0.3, 0.4) is 0 Å². The minimum atomic E-state index is -3.89. The molecule has 1 aliphatic rings. The number of nitrogens with two attached hydrogens (primary N) is 2. The summed E-state index contributed by atoms with van der Waals surface area (Å²) in [6.45, 7) is 0. The lowest BCUT2D eigenvalue weighted by Crippen LogP contribution is -2.30. The number of primary sulfonamides is 2. The quantitative estimate of drug-likeness (QED) is 0.456. The van der Waals surface area contributed by atoms with Crippen LogP contribution in [-0.2, 0) is 24.8 Å². The van der Waals surface area contributed by atoms with Crippen molar-refractivity contribution in [1.29, 1.82) is 0 Å². The number of benzene rings is 3. The SMILES string of the molecule is NS(=O)(=O)c1ccc(NC2=CC(c3ccc(Cl)cc3)N(c3ccc(S(N)(=O)=O)cc3)C2=O)cc1. The normalized spacial score (nSPS) is 16.4. The minimum absolute atomic E-state index is 0.0552. The lowest BCUT2D eigenvalue weighted by Gasteiger charge is -2.25. The fourth-order valence-electron chi connectivity index (χ4n) is 3.52. The van der Waals surface area contributed by atoms with Crippen LogP contribution in [0.5, 0.6) is 0 Å². The van der Waals surface area contributed by atoms with Gasteiger partial charge in [0.1, 0.15) is 5.70 Å². The molecule has 5 N–H and O–H groups in total. The highest BCUT2D eigenvalue weighted by Crippen LogP contribution is 2.36. The van der Waals surface area contributed by atoms with E-state index in [4.69, 9.17) is 21.9 Å². The summed E-state index contributed by atoms with van der Waals surface area (Å²) in [5.41, 5.74) is 1.96. The molecule has 1 aliphatic heterocycles. The molecule has 3 aromatic rings. The Morgan fingerprint density at radius 1 is 0.765 bits per heavy atom. The molecule has 1 amide bonds. The van der Waals surface area contributed by atoms with Gasteiger partial charge in [0, 0.05) is 16.4 Å². The van der Waals surface area contributed by atoms with Crippen molar-refractivity contribution >= 4 is 48.9 Å². The van der Waals surface area contributed by atoms with Crippen LogP contribution in [0.25, 0.3) is 0 Å². The van der Waals surface area contributed by atoms with E-state index in [-0.39, 0.29) is 21.4 Å². The topological polar surface area (TPSA) is 153 Å². The van der Waals surface area contributed by atoms with Crippen LogP contribution < -0.4 is 20.5 Å². The first kappa shape index (κ1) is 23.9. The third-order valence-corrected chi connectivity index (χ3v) is 7.28. The predicted octanol–water partition coefficient (Wildman–Crippen LogP) is 2.72. The molecule has 0 bridgehead atoms. The van der Waals surface area contributed by atoms with E-state index in [1.165, 1.54) is 53.4 Å². The molecule has 9 nitrogen and oxygen atoms in total. The molecular weight excluding hydrogens is 500 g/mol. The van der Waals surface area contributed by atoms with Gasteiger partial charge in [-0.2, -0.15) is 0 Å². The first-order chi connectivity index (χ1) is 15.9. The molecule has 1 heterocycles. The Hall–Kier alpha value is -3.22. The smallest absolute Gasteiger partial charge is 0.275 e. The van der Waals surface area contributed by atoms with Gasteiger partial charge in [-0.25, -0.2) is 27.1 Å². The van der Waals surface area contributed by atoms with Gasteiger partial charge >= 0.3 is 0 Å². The Balaban J connectivity index is 1.70. The summed E-state index contributed by atoms with van der Waals surface area (Å²) < 4.78 is 46.2. The maximum absolute atomic E-state index is 13.4. The van der Waals surface area contributed by atoms with Crippen LogP contribution in [0, 0.1) is 0 Å². The molecule has 0 aromatic heterocycles. The van der Waals surface area contributed by atoms with Crippen molar-refractivity contribution in [3.8, 4) is 0 Å². The Morgan fingerprint density at radius 2 is 1.26 bits per heavy atom. The molecule has 0 saturated heterocycles. The van der Waals surface area contributed by atoms with Gasteiger partial charge in [-0.15, -0.1) is 0 Å². The second-order valence-electron chi connectivity index (χ2n) is 7.49. The predicted molar refractivity (Wildman–Crippen MR) is 129 cm³/mol. The summed E-state index contributed by atoms with van der Waals surface area (Å²) in [5.74, 6) is -0.376. The molecule has 0 fully saturated rings. The van der Waals surface area contributed by atoms with Gasteiger partial charge < -0.3 is 5.32 Å². The van der Waals surface area contributed by atoms with E-state index < -0.39 is 26.1 Å². The Kier molecular flexibility index (Phi) is 6.23. The number of nitrogens with zero attached hydrogens (tertiary/aromatic N) is 1. The Labute approximate surface area is 201 Å². The van der Waals surface area contributed by atoms with Crippen LogP contribution in [0.2, 0.25) is 5.02 Å². The fourth-order valence-corrected chi connectivity index (χ4v) is 4.67. The molecule has 1 unspecified atom stereocenters. The molecule has 4 rings (SSSR count). The molecule has 12 heteroatoms. The molecule has 0 spiro atoms. The van der Waals surface area contributed by atoms with E-state index in [0.29, 0.717) is 16.4 Å². The summed E-state index contributed by atoms with van der Waals surface area (Å²) in [5, 5.41) is 13.9. The van der Waals surface area contributed by atoms with Gasteiger partial charge in [-0.3, -0.25) is 9.69 Å². The summed E-state index contributed by atoms with van der Waals surface area (Å²) in [4.78, 5) is 14.7. The maximum Gasteiger partial charge on any atom is 0.275 e. The zero-order valence-corrected chi connectivity index (χ0v) is 19.8. The van der Waals surface area contributed by atoms with Crippen molar-refractivity contribution in [2.24, 2.45) is 10.3 Å². The van der Waals surface area contributed by atoms with E-state index in [0.717, 1.165) is 5.56 Å². The van der Waals surface area contributed by atoms with Crippen LogP contribution in [-0.4, -0.2) is 22.7 Å². The van der Waals surface area contributed by atoms with E-state index in [9.17, 15) is 21.6 Å². The molecule has 0 aliphatic carbocycles. The molecule has 3 aromatic carbocycles. The van der Waals surface area contributed by atoms with Gasteiger partial charge in [-0.05, 0) is 72.3 Å². The lowest BCUT2D eigenvalue weighted by molar-refractivity contribution is -0.114. The number of carbonyl (C=O) groups is 1. The van der Waals surface area contributed by atoms with Crippen molar-refractivity contribution in [3.05, 3.63) is 95.2 Å². The number of rotatable bonds is 6. The van der Waals surface area contributed by atoms with Crippen molar-refractivity contribution in [2.45, 2.75) is 15.8 Å². The molecule has 34 heavy (non-hydrogen) atoms. The number of hydrogen-bond acceptors (Lipinski definition) is 6. The number of nitrogens with one attached hydrogen (secondary N) is 1. The first-order valence-electron chi connectivity index (χ1n) is 9.77. The Bertz CT molecular complexity index is 1490. The van der Waals surface area contributed by atoms with Crippen molar-refractivity contribution in [3.63, 3.8) is 0 Å². The molecule has 1 atom stereocenters. The van der Waals surface area contributed by atoms with Crippen molar-refractivity contribution in [1.82, 2.24) is 0 Å². The zero-order valence-electron chi connectivity index (χ0n) is 17.4. The molecule has 0 radical (unpaired) electrons. The standard InChI is InChI=1S/C22H19ClN4O5S2/c23-15-3-1-14(2-4-15)21-13-20(26-16-5-9-18(10-6-16)33(24,29)30)22(28)27(21)17-7-11-19(12-8-17)34(25,31)32/h1-13,21,26H,(H2,24,29,30)(H2,25,31,32). The monoisotopic (exact) mass is 518 g/mol. The van der Waals surface area contributed by atoms with Crippen LogP contribution in [0.1, 0.15) is 11.6 Å². The molecule has 176 valence electrons. The third-order valence-electron chi connectivity index (χ3n) is 5.17. The fraction of sp³-hybridized carbons (Fsp3) is 0.0455. The van der Waals surface area contributed by atoms with Gasteiger partial charge in [0.05, 0.1) is 15.8 Å². The van der Waals surface area contributed by atoms with Crippen LogP contribution in [0.15, 0.2) is 94.4 Å². The van der Waals surface area contributed by atoms with Gasteiger partial charge in [0.15, 0.2) is 0 Å². The highest BCUT2D eigenvalue weighted by Gasteiger charge is 2.35. The summed E-state index contributed by atoms with van der Waals surface area (Å²) >= 11 is 6.01. The molecule has 0 saturated carbocycles. The average Bonchev–Trinajstić information content (AvgIpc) is 3.09. The second kappa shape index (κ2) is 8.85. The van der Waals surface area contributed by atoms with E-state index in [2.05, 4.69) is 5.32 Å². The average molecular weight is 519 g/mol. The number of carbonyl (C=O) groups excluding carboxylic acids is 1. The zero-order chi connectivity index (χ0) is 24.7. The summed E-state index contributed by atoms with van der Waals surface area (Å²) in [7, 11) is -7.73. The number of amides is 1. The van der Waals surface area contributed by atoms with Crippen LogP contribution >= 0.6 is 11.6 Å². The maximum atomic E-state index is 13.4. The third kappa shape index (κ3) is 4.98. The lowest BCUT2D eigenvalue weighted by atomic mass is 10.1. The van der Waals surface area contributed by atoms with Gasteiger partial charge in [0.25, 0.3) is 5.91 Å². The number of halogens is 1. The van der Waals surface area contributed by atoms with E-state index in [1.807, 2.05) is 0 Å². The number of sulfonamides is 2. The summed E-state index contributed by atoms with van der Waals surface area (Å²) in [6.07, 6.45) is 1.72. The minimum Gasteiger partial charge on any atom is -0.351 e. The van der Waals surface area contributed by atoms with E-state index in [1.54, 1.807) is 30.3 Å². The second-order valence-corrected chi connectivity index (χ2v) is 11.0. The first-order valence-corrected chi connectivity index (χ1v) is 13.2. The Morgan fingerprint density at radius 3 is 1.76 bits per heavy atom. The van der Waals surface area contributed by atoms with Gasteiger partial charge in [-0.1, -0.05) is 23.7 Å². The van der Waals surface area contributed by atoms with Crippen molar-refractivity contribution < 1.29 is 21.6 Å². The van der Waals surface area contributed by atoms with E-state index >= 15 is 0 Å².